The first-order chi connectivity index (χ1) is 9.69. The van der Waals surface area contributed by atoms with Gasteiger partial charge in [0.25, 0.3) is 5.91 Å². The van der Waals surface area contributed by atoms with Gasteiger partial charge in [-0.05, 0) is 42.0 Å². The van der Waals surface area contributed by atoms with Crippen molar-refractivity contribution in [2.45, 2.75) is 13.3 Å². The highest BCUT2D eigenvalue weighted by molar-refractivity contribution is 8.26. The molecule has 0 bridgehead atoms. The molecule has 100 valence electrons. The number of amidine groups is 2. The zero-order chi connectivity index (χ0) is 14.1. The fourth-order valence-corrected chi connectivity index (χ4v) is 2.63. The number of nitrogens with zero attached hydrogens (tertiary/aromatic N) is 4. The van der Waals surface area contributed by atoms with Gasteiger partial charge in [-0.2, -0.15) is 15.1 Å². The van der Waals surface area contributed by atoms with Crippen molar-refractivity contribution >= 4 is 39.8 Å². The van der Waals surface area contributed by atoms with Gasteiger partial charge in [-0.1, -0.05) is 6.92 Å². The maximum atomic E-state index is 12.0. The molecule has 1 aromatic rings. The smallest absolute Gasteiger partial charge is 0.282 e. The highest BCUT2D eigenvalue weighted by atomic mass is 32.2. The Balaban J connectivity index is 1.99. The molecule has 0 aromatic carbocycles. The lowest BCUT2D eigenvalue weighted by Gasteiger charge is -2.20. The van der Waals surface area contributed by atoms with Crippen LogP contribution in [0.25, 0.3) is 6.08 Å². The third-order valence-corrected chi connectivity index (χ3v) is 3.87. The fraction of sp³-hybridized carbons (Fsp3) is 0.154. The summed E-state index contributed by atoms with van der Waals surface area (Å²) in [6.45, 7) is 1.98. The summed E-state index contributed by atoms with van der Waals surface area (Å²) in [6, 6.07) is 3.54. The summed E-state index contributed by atoms with van der Waals surface area (Å²) in [5, 5.41) is 15.2. The zero-order valence-corrected chi connectivity index (χ0v) is 11.5. The van der Waals surface area contributed by atoms with Crippen LogP contribution in [0, 0.1) is 5.41 Å². The molecule has 1 amide bonds. The Bertz CT molecular complexity index is 677. The molecule has 6 nitrogen and oxygen atoms in total. The summed E-state index contributed by atoms with van der Waals surface area (Å²) < 4.78 is 0. The second kappa shape index (κ2) is 5.01. The number of carbonyl (C=O) groups is 1. The van der Waals surface area contributed by atoms with Gasteiger partial charge in [0, 0.05) is 12.4 Å². The van der Waals surface area contributed by atoms with Gasteiger partial charge in [0.15, 0.2) is 5.84 Å². The van der Waals surface area contributed by atoms with E-state index in [1.165, 1.54) is 16.8 Å². The van der Waals surface area contributed by atoms with Crippen LogP contribution in [0.15, 0.2) is 40.2 Å². The average Bonchev–Trinajstić information content (AvgIpc) is 2.88. The van der Waals surface area contributed by atoms with E-state index in [9.17, 15) is 4.79 Å². The number of aromatic nitrogens is 1. The Morgan fingerprint density at radius 3 is 2.85 bits per heavy atom. The molecule has 0 spiro atoms. The van der Waals surface area contributed by atoms with E-state index in [0.29, 0.717) is 5.17 Å². The number of hydrogen-bond acceptors (Lipinski definition) is 5. The first kappa shape index (κ1) is 12.7. The molecule has 2 aliphatic rings. The number of rotatable bonds is 2. The fourth-order valence-electron chi connectivity index (χ4n) is 1.80. The van der Waals surface area contributed by atoms with Crippen molar-refractivity contribution in [3.63, 3.8) is 0 Å². The molecule has 0 aliphatic carbocycles. The Morgan fingerprint density at radius 2 is 2.15 bits per heavy atom. The van der Waals surface area contributed by atoms with Crippen molar-refractivity contribution in [2.24, 2.45) is 10.1 Å². The van der Waals surface area contributed by atoms with Crippen molar-refractivity contribution < 1.29 is 4.79 Å². The van der Waals surface area contributed by atoms with Crippen LogP contribution >= 0.6 is 11.8 Å². The predicted octanol–water partition coefficient (Wildman–Crippen LogP) is 2.11. The Morgan fingerprint density at radius 1 is 1.40 bits per heavy atom. The Kier molecular flexibility index (Phi) is 3.19. The Labute approximate surface area is 119 Å². The van der Waals surface area contributed by atoms with Gasteiger partial charge < -0.3 is 0 Å². The third-order valence-electron chi connectivity index (χ3n) is 2.82. The number of pyridine rings is 1. The monoisotopic (exact) mass is 285 g/mol. The van der Waals surface area contributed by atoms with E-state index in [-0.39, 0.29) is 11.4 Å². The highest BCUT2D eigenvalue weighted by Gasteiger charge is 2.34. The molecule has 0 fully saturated rings. The second-order valence-corrected chi connectivity index (χ2v) is 5.19. The van der Waals surface area contributed by atoms with Gasteiger partial charge in [-0.25, -0.2) is 0 Å². The van der Waals surface area contributed by atoms with E-state index < -0.39 is 5.91 Å². The minimum atomic E-state index is -0.405. The van der Waals surface area contributed by atoms with Crippen LogP contribution in [0.3, 0.4) is 0 Å². The van der Waals surface area contributed by atoms with Crippen LogP contribution in [0.2, 0.25) is 0 Å². The van der Waals surface area contributed by atoms with Gasteiger partial charge in [0.2, 0.25) is 5.17 Å². The summed E-state index contributed by atoms with van der Waals surface area (Å²) in [7, 11) is 0. The molecule has 3 heterocycles. The van der Waals surface area contributed by atoms with Crippen LogP contribution in [0.4, 0.5) is 0 Å². The molecular formula is C13H11N5OS. The number of nitrogens with one attached hydrogen (secondary N) is 1. The van der Waals surface area contributed by atoms with Gasteiger partial charge in [0.05, 0.1) is 5.57 Å². The number of hydrazone groups is 1. The number of amides is 1. The van der Waals surface area contributed by atoms with Crippen molar-refractivity contribution in [1.82, 2.24) is 9.99 Å². The maximum Gasteiger partial charge on any atom is 0.283 e. The standard InChI is InChI=1S/C13H11N5OS/c1-2-10-17-18-11(14)9(12(19)16-13(18)20-10)7-8-3-5-15-6-4-8/h3-7,14H,2H2,1H3. The summed E-state index contributed by atoms with van der Waals surface area (Å²) in [5.41, 5.74) is 1.04. The number of hydrogen-bond donors (Lipinski definition) is 1. The lowest BCUT2D eigenvalue weighted by Crippen LogP contribution is -2.35. The zero-order valence-electron chi connectivity index (χ0n) is 10.7. The number of thioether (sulfide) groups is 1. The van der Waals surface area contributed by atoms with E-state index in [0.717, 1.165) is 17.0 Å². The summed E-state index contributed by atoms with van der Waals surface area (Å²) in [6.07, 6.45) is 5.66. The van der Waals surface area contributed by atoms with E-state index in [2.05, 4.69) is 15.1 Å². The van der Waals surface area contributed by atoms with Crippen LogP contribution in [0.5, 0.6) is 0 Å². The van der Waals surface area contributed by atoms with E-state index in [1.807, 2.05) is 6.92 Å². The molecule has 0 unspecified atom stereocenters. The molecule has 1 N–H and O–H groups in total. The van der Waals surface area contributed by atoms with Crippen molar-refractivity contribution in [2.75, 3.05) is 0 Å². The highest BCUT2D eigenvalue weighted by Crippen LogP contribution is 2.28. The molecule has 2 aliphatic heterocycles. The first-order valence-electron chi connectivity index (χ1n) is 6.08. The van der Waals surface area contributed by atoms with Crippen LogP contribution in [0.1, 0.15) is 18.9 Å². The molecular weight excluding hydrogens is 274 g/mol. The molecule has 3 rings (SSSR count). The SMILES string of the molecule is CCC1=NN2C(=N)C(=Cc3ccncc3)C(=O)N=C2S1. The van der Waals surface area contributed by atoms with Crippen molar-refractivity contribution in [3.8, 4) is 0 Å². The minimum Gasteiger partial charge on any atom is -0.282 e. The van der Waals surface area contributed by atoms with Gasteiger partial charge in [-0.3, -0.25) is 15.2 Å². The minimum absolute atomic E-state index is 0.0627. The van der Waals surface area contributed by atoms with Gasteiger partial charge in [-0.15, -0.1) is 0 Å². The van der Waals surface area contributed by atoms with E-state index in [1.54, 1.807) is 30.6 Å². The summed E-state index contributed by atoms with van der Waals surface area (Å²) in [4.78, 5) is 20.0. The number of carbonyl (C=O) groups excluding carboxylic acids is 1. The summed E-state index contributed by atoms with van der Waals surface area (Å²) in [5.74, 6) is -0.342. The van der Waals surface area contributed by atoms with Gasteiger partial charge >= 0.3 is 0 Å². The lowest BCUT2D eigenvalue weighted by molar-refractivity contribution is -0.114. The summed E-state index contributed by atoms with van der Waals surface area (Å²) >= 11 is 1.34. The largest absolute Gasteiger partial charge is 0.283 e. The van der Waals surface area contributed by atoms with Crippen LogP contribution < -0.4 is 0 Å². The Hall–Kier alpha value is -2.28. The number of aliphatic imine (C=N–C) groups is 1. The molecule has 7 heteroatoms. The maximum absolute atomic E-state index is 12.0. The van der Waals surface area contributed by atoms with Gasteiger partial charge in [0.1, 0.15) is 5.04 Å². The van der Waals surface area contributed by atoms with Crippen LogP contribution in [-0.4, -0.2) is 31.9 Å². The van der Waals surface area contributed by atoms with E-state index >= 15 is 0 Å². The first-order valence-corrected chi connectivity index (χ1v) is 6.90. The third kappa shape index (κ3) is 2.16. The quantitative estimate of drug-likeness (QED) is 0.844. The van der Waals surface area contributed by atoms with Crippen molar-refractivity contribution in [3.05, 3.63) is 35.7 Å². The van der Waals surface area contributed by atoms with Crippen LogP contribution in [-0.2, 0) is 4.79 Å². The molecule has 0 radical (unpaired) electrons. The second-order valence-electron chi connectivity index (χ2n) is 4.15. The molecule has 1 aromatic heterocycles. The molecule has 0 saturated carbocycles. The molecule has 0 saturated heterocycles. The van der Waals surface area contributed by atoms with E-state index in [4.69, 9.17) is 5.41 Å². The topological polar surface area (TPSA) is 81.8 Å². The molecule has 20 heavy (non-hydrogen) atoms. The number of fused-ring (bicyclic) bond motifs is 1. The lowest BCUT2D eigenvalue weighted by atomic mass is 10.1. The normalized spacial score (nSPS) is 20.1. The predicted molar refractivity (Wildman–Crippen MR) is 79.5 cm³/mol. The molecule has 0 atom stereocenters. The van der Waals surface area contributed by atoms with Crippen molar-refractivity contribution in [1.29, 1.82) is 5.41 Å². The average molecular weight is 285 g/mol.